The van der Waals surface area contributed by atoms with Crippen LogP contribution in [0.25, 0.3) is 10.9 Å². The number of carbonyl (C=O) groups excluding carboxylic acids is 1. The molecule has 24 heavy (non-hydrogen) atoms. The molecule has 1 N–H and O–H groups in total. The second kappa shape index (κ2) is 6.25. The number of nitrogens with one attached hydrogen (secondary N) is 1. The lowest BCUT2D eigenvalue weighted by Gasteiger charge is -2.02. The molecule has 3 rings (SSSR count). The Balaban J connectivity index is 2.45. The van der Waals surface area contributed by atoms with Crippen molar-refractivity contribution in [1.82, 2.24) is 9.97 Å². The molecule has 0 aliphatic rings. The van der Waals surface area contributed by atoms with Gasteiger partial charge in [0.25, 0.3) is 5.56 Å². The maximum absolute atomic E-state index is 12.9. The Kier molecular flexibility index (Phi) is 4.14. The molecule has 0 atom stereocenters. The second-order valence-corrected chi connectivity index (χ2v) is 5.39. The molecule has 0 saturated carbocycles. The number of benzene rings is 1. The first kappa shape index (κ1) is 15.9. The Morgan fingerprint density at radius 2 is 2.04 bits per heavy atom. The van der Waals surface area contributed by atoms with E-state index in [2.05, 4.69) is 9.97 Å². The van der Waals surface area contributed by atoms with E-state index in [1.54, 1.807) is 6.07 Å². The Morgan fingerprint density at radius 1 is 1.25 bits per heavy atom. The number of pyridine rings is 1. The highest BCUT2D eigenvalue weighted by atomic mass is 35.5. The number of hydrogen-bond donors (Lipinski definition) is 1. The van der Waals surface area contributed by atoms with Crippen LogP contribution in [0.2, 0.25) is 5.02 Å². The molecule has 0 aliphatic heterocycles. The number of H-pyrrole nitrogens is 1. The van der Waals surface area contributed by atoms with Gasteiger partial charge in [0.05, 0.1) is 12.6 Å². The van der Waals surface area contributed by atoms with Crippen molar-refractivity contribution in [2.75, 3.05) is 7.11 Å². The molecule has 0 amide bonds. The summed E-state index contributed by atoms with van der Waals surface area (Å²) in [6.07, 6.45) is 2.82. The number of aromatic amines is 1. The summed E-state index contributed by atoms with van der Waals surface area (Å²) in [7, 11) is 1.22. The fourth-order valence-corrected chi connectivity index (χ4v) is 2.56. The summed E-state index contributed by atoms with van der Waals surface area (Å²) >= 11 is 5.91. The Morgan fingerprint density at radius 3 is 2.71 bits per heavy atom. The number of rotatable bonds is 3. The van der Waals surface area contributed by atoms with E-state index in [0.29, 0.717) is 5.02 Å². The lowest BCUT2D eigenvalue weighted by molar-refractivity contribution is 0.103. The van der Waals surface area contributed by atoms with Crippen molar-refractivity contribution in [2.45, 2.75) is 0 Å². The van der Waals surface area contributed by atoms with Crippen molar-refractivity contribution in [3.63, 3.8) is 0 Å². The van der Waals surface area contributed by atoms with Crippen molar-refractivity contribution in [3.8, 4) is 5.75 Å². The number of aromatic nitrogens is 2. The smallest absolute Gasteiger partial charge is 0.291 e. The molecule has 120 valence electrons. The highest BCUT2D eigenvalue weighted by Crippen LogP contribution is 2.18. The molecule has 1 aromatic carbocycles. The summed E-state index contributed by atoms with van der Waals surface area (Å²) < 4.78 is 5.04. The molecule has 0 unspecified atom stereocenters. The molecule has 0 saturated heterocycles. The van der Waals surface area contributed by atoms with Crippen molar-refractivity contribution in [2.24, 2.45) is 0 Å². The maximum atomic E-state index is 12.9. The highest BCUT2D eigenvalue weighted by molar-refractivity contribution is 6.31. The van der Waals surface area contributed by atoms with Crippen molar-refractivity contribution < 1.29 is 9.53 Å². The van der Waals surface area contributed by atoms with Crippen LogP contribution in [-0.2, 0) is 0 Å². The number of methoxy groups -OCH3 is 1. The van der Waals surface area contributed by atoms with Crippen molar-refractivity contribution >= 4 is 28.3 Å². The van der Waals surface area contributed by atoms with Crippen molar-refractivity contribution in [1.29, 1.82) is 0 Å². The fraction of sp³-hybridized carbons (Fsp3) is 0.0588. The summed E-state index contributed by atoms with van der Waals surface area (Å²) in [6.45, 7) is 0. The molecular formula is C17H11ClN2O4. The topological polar surface area (TPSA) is 89.1 Å². The molecule has 7 heteroatoms. The third-order valence-electron chi connectivity index (χ3n) is 3.49. The number of ether oxygens (including phenoxy) is 1. The van der Waals surface area contributed by atoms with E-state index in [-0.39, 0.29) is 27.8 Å². The van der Waals surface area contributed by atoms with Crippen LogP contribution in [0.1, 0.15) is 15.9 Å². The van der Waals surface area contributed by atoms with Gasteiger partial charge in [0, 0.05) is 28.4 Å². The van der Waals surface area contributed by atoms with Crippen LogP contribution in [0.5, 0.6) is 5.75 Å². The van der Waals surface area contributed by atoms with Gasteiger partial charge in [-0.1, -0.05) is 11.6 Å². The van der Waals surface area contributed by atoms with Crippen LogP contribution in [-0.4, -0.2) is 22.9 Å². The monoisotopic (exact) mass is 342 g/mol. The van der Waals surface area contributed by atoms with Crippen LogP contribution >= 0.6 is 11.6 Å². The predicted molar refractivity (Wildman–Crippen MR) is 90.1 cm³/mol. The van der Waals surface area contributed by atoms with Crippen LogP contribution in [0, 0.1) is 0 Å². The van der Waals surface area contributed by atoms with Crippen LogP contribution in [0.3, 0.4) is 0 Å². The predicted octanol–water partition coefficient (Wildman–Crippen LogP) is 2.18. The van der Waals surface area contributed by atoms with Gasteiger partial charge in [0.15, 0.2) is 5.75 Å². The first-order valence-electron chi connectivity index (χ1n) is 6.91. The molecule has 0 aliphatic carbocycles. The third-order valence-corrected chi connectivity index (χ3v) is 3.72. The van der Waals surface area contributed by atoms with E-state index >= 15 is 0 Å². The van der Waals surface area contributed by atoms with Gasteiger partial charge < -0.3 is 9.72 Å². The van der Waals surface area contributed by atoms with Gasteiger partial charge in [-0.3, -0.25) is 19.4 Å². The number of nitrogens with zero attached hydrogens (tertiary/aromatic N) is 1. The van der Waals surface area contributed by atoms with E-state index in [4.69, 9.17) is 16.3 Å². The first-order valence-corrected chi connectivity index (χ1v) is 7.29. The molecule has 2 aromatic heterocycles. The standard InChI is InChI=1S/C17H11ClN2O4/c1-24-16-13(14(21)9-3-2-6-19-8-9)15(22)11-5-4-10(18)7-12(11)20-17(16)23/h2-8H,1H3,(H,20,23). The third kappa shape index (κ3) is 2.68. The average molecular weight is 343 g/mol. The normalized spacial score (nSPS) is 10.6. The van der Waals surface area contributed by atoms with E-state index in [9.17, 15) is 14.4 Å². The Labute approximate surface area is 140 Å². The Hall–Kier alpha value is -2.99. The molecular weight excluding hydrogens is 332 g/mol. The molecule has 2 heterocycles. The molecule has 0 bridgehead atoms. The number of halogens is 1. The van der Waals surface area contributed by atoms with Gasteiger partial charge in [-0.25, -0.2) is 0 Å². The lowest BCUT2D eigenvalue weighted by atomic mass is 10.0. The van der Waals surface area contributed by atoms with Gasteiger partial charge >= 0.3 is 0 Å². The zero-order valence-corrected chi connectivity index (χ0v) is 13.3. The number of ketones is 1. The quantitative estimate of drug-likeness (QED) is 0.737. The minimum atomic E-state index is -0.695. The highest BCUT2D eigenvalue weighted by Gasteiger charge is 2.22. The molecule has 0 spiro atoms. The second-order valence-electron chi connectivity index (χ2n) is 4.95. The van der Waals surface area contributed by atoms with E-state index in [1.165, 1.54) is 43.8 Å². The molecule has 3 aromatic rings. The summed E-state index contributed by atoms with van der Waals surface area (Å²) in [5.41, 5.74) is -1.25. The SMILES string of the molecule is COc1c(C(=O)c2cccnc2)c(=O)c2ccc(Cl)cc2[nH]c1=O. The van der Waals surface area contributed by atoms with Gasteiger partial charge in [-0.2, -0.15) is 0 Å². The lowest BCUT2D eigenvalue weighted by Crippen LogP contribution is -2.19. The van der Waals surface area contributed by atoms with Crippen molar-refractivity contribution in [3.05, 3.63) is 79.5 Å². The number of fused-ring (bicyclic) bond motifs is 1. The van der Waals surface area contributed by atoms with E-state index < -0.39 is 16.8 Å². The van der Waals surface area contributed by atoms with Crippen LogP contribution in [0.15, 0.2) is 52.3 Å². The Bertz CT molecular complexity index is 1060. The maximum Gasteiger partial charge on any atom is 0.291 e. The van der Waals surface area contributed by atoms with Crippen LogP contribution in [0.4, 0.5) is 0 Å². The zero-order valence-electron chi connectivity index (χ0n) is 12.5. The largest absolute Gasteiger partial charge is 0.490 e. The average Bonchev–Trinajstić information content (AvgIpc) is 2.68. The van der Waals surface area contributed by atoms with Gasteiger partial charge in [0.1, 0.15) is 5.56 Å². The fourth-order valence-electron chi connectivity index (χ4n) is 2.39. The summed E-state index contributed by atoms with van der Waals surface area (Å²) in [5, 5.41) is 0.509. The molecule has 6 nitrogen and oxygen atoms in total. The summed E-state index contributed by atoms with van der Waals surface area (Å²) in [4.78, 5) is 44.4. The summed E-state index contributed by atoms with van der Waals surface area (Å²) in [6, 6.07) is 7.48. The van der Waals surface area contributed by atoms with E-state index in [0.717, 1.165) is 0 Å². The molecule has 0 radical (unpaired) electrons. The van der Waals surface area contributed by atoms with E-state index in [1.807, 2.05) is 0 Å². The van der Waals surface area contributed by atoms with Gasteiger partial charge in [0.2, 0.25) is 11.2 Å². The minimum Gasteiger partial charge on any atom is -0.490 e. The first-order chi connectivity index (χ1) is 11.5. The van der Waals surface area contributed by atoms with Crippen LogP contribution < -0.4 is 15.7 Å². The summed E-state index contributed by atoms with van der Waals surface area (Å²) in [5.74, 6) is -0.982. The number of hydrogen-bond acceptors (Lipinski definition) is 5. The zero-order chi connectivity index (χ0) is 17.3. The van der Waals surface area contributed by atoms with Gasteiger partial charge in [-0.05, 0) is 30.3 Å². The van der Waals surface area contributed by atoms with Gasteiger partial charge in [-0.15, -0.1) is 0 Å². The molecule has 0 fully saturated rings. The minimum absolute atomic E-state index is 0.159. The number of carbonyl (C=O) groups is 1.